The summed E-state index contributed by atoms with van der Waals surface area (Å²) in [5.41, 5.74) is 5.71. The molecule has 138 valence electrons. The number of amides is 1. The molecule has 6 heteroatoms. The van der Waals surface area contributed by atoms with E-state index >= 15 is 0 Å². The third kappa shape index (κ3) is 2.83. The molecule has 4 aromatic rings. The van der Waals surface area contributed by atoms with Crippen LogP contribution in [-0.4, -0.2) is 43.8 Å². The first kappa shape index (κ1) is 16.6. The van der Waals surface area contributed by atoms with E-state index in [0.29, 0.717) is 18.9 Å². The highest BCUT2D eigenvalue weighted by Crippen LogP contribution is 2.32. The van der Waals surface area contributed by atoms with Gasteiger partial charge in [0, 0.05) is 37.0 Å². The van der Waals surface area contributed by atoms with Crippen LogP contribution in [0.25, 0.3) is 22.3 Å². The number of aromatic nitrogens is 4. The normalized spacial score (nSPS) is 14.2. The summed E-state index contributed by atoms with van der Waals surface area (Å²) in [5, 5.41) is 0. The lowest BCUT2D eigenvalue weighted by atomic mass is 9.92. The fraction of sp³-hybridized carbons (Fsp3) is 0.182. The van der Waals surface area contributed by atoms with Crippen molar-refractivity contribution in [3.05, 3.63) is 78.0 Å². The van der Waals surface area contributed by atoms with Crippen molar-refractivity contribution in [2.45, 2.75) is 12.8 Å². The van der Waals surface area contributed by atoms with Crippen molar-refractivity contribution in [1.82, 2.24) is 24.8 Å². The van der Waals surface area contributed by atoms with E-state index in [0.717, 1.165) is 33.5 Å². The van der Waals surface area contributed by atoms with Gasteiger partial charge in [-0.2, -0.15) is 0 Å². The van der Waals surface area contributed by atoms with Crippen LogP contribution in [0.2, 0.25) is 0 Å². The van der Waals surface area contributed by atoms with Crippen molar-refractivity contribution in [3.8, 4) is 11.3 Å². The Morgan fingerprint density at radius 3 is 2.68 bits per heavy atom. The van der Waals surface area contributed by atoms with Gasteiger partial charge in [0.15, 0.2) is 5.82 Å². The number of nitrogens with zero attached hydrogens (tertiary/aromatic N) is 4. The lowest BCUT2D eigenvalue weighted by molar-refractivity contribution is 0.0587. The first-order chi connectivity index (χ1) is 13.7. The predicted molar refractivity (Wildman–Crippen MR) is 107 cm³/mol. The quantitative estimate of drug-likeness (QED) is 0.599. The molecule has 2 aromatic carbocycles. The first-order valence-corrected chi connectivity index (χ1v) is 9.31. The summed E-state index contributed by atoms with van der Waals surface area (Å²) < 4.78 is 0. The molecule has 5 rings (SSSR count). The molecule has 0 spiro atoms. The number of benzene rings is 2. The van der Waals surface area contributed by atoms with Gasteiger partial charge in [0.05, 0.1) is 22.4 Å². The Kier molecular flexibility index (Phi) is 3.90. The molecule has 1 aliphatic rings. The fourth-order valence-electron chi connectivity index (χ4n) is 3.66. The van der Waals surface area contributed by atoms with E-state index < -0.39 is 0 Å². The SMILES string of the molecule is Cc1ccc2nc(C(=O)N3CC(c4nccnc4-c4ccccc4)C3)[nH]c2c1. The van der Waals surface area contributed by atoms with Crippen molar-refractivity contribution in [2.24, 2.45) is 0 Å². The fourth-order valence-corrected chi connectivity index (χ4v) is 3.66. The van der Waals surface area contributed by atoms with Crippen LogP contribution in [-0.2, 0) is 0 Å². The molecule has 3 heterocycles. The monoisotopic (exact) mass is 369 g/mol. The van der Waals surface area contributed by atoms with Gasteiger partial charge in [-0.25, -0.2) is 4.98 Å². The molecule has 0 radical (unpaired) electrons. The Hall–Kier alpha value is -3.54. The summed E-state index contributed by atoms with van der Waals surface area (Å²) in [5.74, 6) is 0.496. The Morgan fingerprint density at radius 1 is 1.07 bits per heavy atom. The zero-order chi connectivity index (χ0) is 19.1. The van der Waals surface area contributed by atoms with E-state index in [9.17, 15) is 4.79 Å². The van der Waals surface area contributed by atoms with Gasteiger partial charge in [-0.15, -0.1) is 0 Å². The highest BCUT2D eigenvalue weighted by molar-refractivity contribution is 5.94. The van der Waals surface area contributed by atoms with Gasteiger partial charge in [0.1, 0.15) is 0 Å². The van der Waals surface area contributed by atoms with Crippen molar-refractivity contribution in [2.75, 3.05) is 13.1 Å². The largest absolute Gasteiger partial charge is 0.335 e. The minimum absolute atomic E-state index is 0.0738. The molecule has 0 aliphatic carbocycles. The number of carbonyl (C=O) groups is 1. The summed E-state index contributed by atoms with van der Waals surface area (Å²) in [6, 6.07) is 16.0. The Balaban J connectivity index is 1.36. The molecule has 1 N–H and O–H groups in total. The molecule has 0 saturated carbocycles. The van der Waals surface area contributed by atoms with Crippen LogP contribution in [0.3, 0.4) is 0 Å². The molecule has 0 bridgehead atoms. The molecule has 0 unspecified atom stereocenters. The van der Waals surface area contributed by atoms with Crippen LogP contribution in [0.4, 0.5) is 0 Å². The number of hydrogen-bond donors (Lipinski definition) is 1. The van der Waals surface area contributed by atoms with Crippen molar-refractivity contribution in [3.63, 3.8) is 0 Å². The maximum atomic E-state index is 12.8. The maximum absolute atomic E-state index is 12.8. The third-order valence-electron chi connectivity index (χ3n) is 5.17. The molecule has 6 nitrogen and oxygen atoms in total. The van der Waals surface area contributed by atoms with Gasteiger partial charge in [-0.3, -0.25) is 14.8 Å². The molecule has 0 atom stereocenters. The second kappa shape index (κ2) is 6.56. The number of imidazole rings is 1. The maximum Gasteiger partial charge on any atom is 0.289 e. The van der Waals surface area contributed by atoms with Gasteiger partial charge in [-0.1, -0.05) is 36.4 Å². The van der Waals surface area contributed by atoms with Crippen molar-refractivity contribution < 1.29 is 4.79 Å². The van der Waals surface area contributed by atoms with Crippen molar-refractivity contribution in [1.29, 1.82) is 0 Å². The van der Waals surface area contributed by atoms with Crippen LogP contribution < -0.4 is 0 Å². The van der Waals surface area contributed by atoms with Gasteiger partial charge in [0.25, 0.3) is 5.91 Å². The highest BCUT2D eigenvalue weighted by Gasteiger charge is 2.36. The zero-order valence-electron chi connectivity index (χ0n) is 15.5. The standard InChI is InChI=1S/C22H19N5O/c1-14-7-8-17-18(11-14)26-21(25-17)22(28)27-12-16(13-27)20-19(23-9-10-24-20)15-5-3-2-4-6-15/h2-11,16H,12-13H2,1H3,(H,25,26). The first-order valence-electron chi connectivity index (χ1n) is 9.31. The lowest BCUT2D eigenvalue weighted by Gasteiger charge is -2.38. The number of nitrogens with one attached hydrogen (secondary N) is 1. The summed E-state index contributed by atoms with van der Waals surface area (Å²) in [6.45, 7) is 3.26. The molecular formula is C22H19N5O. The molecule has 1 saturated heterocycles. The van der Waals surface area contributed by atoms with Crippen LogP contribution in [0.1, 0.15) is 27.8 Å². The van der Waals surface area contributed by atoms with Crippen LogP contribution in [0, 0.1) is 6.92 Å². The second-order valence-electron chi connectivity index (χ2n) is 7.17. The molecule has 28 heavy (non-hydrogen) atoms. The van der Waals surface area contributed by atoms with E-state index in [4.69, 9.17) is 0 Å². The number of carbonyl (C=O) groups excluding carboxylic acids is 1. The number of hydrogen-bond acceptors (Lipinski definition) is 4. The Morgan fingerprint density at radius 2 is 1.86 bits per heavy atom. The number of rotatable bonds is 3. The van der Waals surface area contributed by atoms with Gasteiger partial charge < -0.3 is 9.88 Å². The van der Waals surface area contributed by atoms with Crippen molar-refractivity contribution >= 4 is 16.9 Å². The van der Waals surface area contributed by atoms with Gasteiger partial charge in [-0.05, 0) is 24.6 Å². The van der Waals surface area contributed by atoms with Gasteiger partial charge in [0.2, 0.25) is 0 Å². The molecule has 2 aromatic heterocycles. The third-order valence-corrected chi connectivity index (χ3v) is 5.17. The Labute approximate surface area is 162 Å². The second-order valence-corrected chi connectivity index (χ2v) is 7.17. The average molecular weight is 369 g/mol. The molecular weight excluding hydrogens is 350 g/mol. The van der Waals surface area contributed by atoms with E-state index in [2.05, 4.69) is 19.9 Å². The van der Waals surface area contributed by atoms with Crippen LogP contribution >= 0.6 is 0 Å². The summed E-state index contributed by atoms with van der Waals surface area (Å²) in [6.07, 6.45) is 3.43. The lowest BCUT2D eigenvalue weighted by Crippen LogP contribution is -2.49. The van der Waals surface area contributed by atoms with Crippen LogP contribution in [0.5, 0.6) is 0 Å². The number of aromatic amines is 1. The van der Waals surface area contributed by atoms with E-state index in [1.807, 2.05) is 55.5 Å². The van der Waals surface area contributed by atoms with E-state index in [-0.39, 0.29) is 11.8 Å². The predicted octanol–water partition coefficient (Wildman–Crippen LogP) is 3.57. The van der Waals surface area contributed by atoms with E-state index in [1.165, 1.54) is 0 Å². The minimum atomic E-state index is -0.0738. The summed E-state index contributed by atoms with van der Waals surface area (Å²) in [4.78, 5) is 31.3. The number of fused-ring (bicyclic) bond motifs is 1. The average Bonchev–Trinajstić information content (AvgIpc) is 3.11. The molecule has 1 fully saturated rings. The number of H-pyrrole nitrogens is 1. The van der Waals surface area contributed by atoms with Gasteiger partial charge >= 0.3 is 0 Å². The summed E-state index contributed by atoms with van der Waals surface area (Å²) in [7, 11) is 0. The van der Waals surface area contributed by atoms with E-state index in [1.54, 1.807) is 17.3 Å². The topological polar surface area (TPSA) is 74.8 Å². The Bertz CT molecular complexity index is 1160. The van der Waals surface area contributed by atoms with Crippen LogP contribution in [0.15, 0.2) is 60.9 Å². The summed E-state index contributed by atoms with van der Waals surface area (Å²) >= 11 is 0. The highest BCUT2D eigenvalue weighted by atomic mass is 16.2. The molecule has 1 amide bonds. The zero-order valence-corrected chi connectivity index (χ0v) is 15.5. The smallest absolute Gasteiger partial charge is 0.289 e. The minimum Gasteiger partial charge on any atom is -0.335 e. The number of aryl methyl sites for hydroxylation is 1. The molecule has 1 aliphatic heterocycles. The number of likely N-dealkylation sites (tertiary alicyclic amines) is 1.